The summed E-state index contributed by atoms with van der Waals surface area (Å²) >= 11 is 0. The number of hydrogen-bond donors (Lipinski definition) is 1. The van der Waals surface area contributed by atoms with Crippen LogP contribution in [0.3, 0.4) is 0 Å². The summed E-state index contributed by atoms with van der Waals surface area (Å²) in [7, 11) is 0. The quantitative estimate of drug-likeness (QED) is 0.259. The van der Waals surface area contributed by atoms with E-state index in [1.165, 1.54) is 0 Å². The molecule has 1 amide bonds. The zero-order chi connectivity index (χ0) is 23.7. The minimum Gasteiger partial charge on any atom is -0.507 e. The summed E-state index contributed by atoms with van der Waals surface area (Å²) in [5.41, 5.74) is 3.54. The third kappa shape index (κ3) is 3.86. The Morgan fingerprint density at radius 2 is 1.62 bits per heavy atom. The predicted octanol–water partition coefficient (Wildman–Crippen LogP) is 5.21. The molecule has 1 aliphatic rings. The SMILES string of the molecule is Cc1ccc(C2C(=C(O)c3ccncc3)C(=O)C(=O)N2CCc2cccc3ccccc23)cc1. The maximum Gasteiger partial charge on any atom is 0.295 e. The summed E-state index contributed by atoms with van der Waals surface area (Å²) in [6.45, 7) is 2.34. The molecule has 1 saturated heterocycles. The van der Waals surface area contributed by atoms with Crippen LogP contribution in [-0.2, 0) is 16.0 Å². The van der Waals surface area contributed by atoms with E-state index in [1.54, 1.807) is 29.4 Å². The Balaban J connectivity index is 1.57. The second-order valence-corrected chi connectivity index (χ2v) is 8.53. The number of rotatable bonds is 5. The van der Waals surface area contributed by atoms with Crippen molar-refractivity contribution in [2.75, 3.05) is 6.54 Å². The van der Waals surface area contributed by atoms with Crippen LogP contribution in [0, 0.1) is 6.92 Å². The van der Waals surface area contributed by atoms with E-state index in [1.807, 2.05) is 49.4 Å². The van der Waals surface area contributed by atoms with Gasteiger partial charge in [-0.25, -0.2) is 0 Å². The molecule has 1 fully saturated rings. The topological polar surface area (TPSA) is 70.5 Å². The van der Waals surface area contributed by atoms with E-state index in [4.69, 9.17) is 0 Å². The van der Waals surface area contributed by atoms with Crippen LogP contribution in [0.4, 0.5) is 0 Å². The first-order chi connectivity index (χ1) is 16.5. The van der Waals surface area contributed by atoms with Gasteiger partial charge in [-0.05, 0) is 47.4 Å². The number of aryl methyl sites for hydroxylation is 1. The van der Waals surface area contributed by atoms with Crippen LogP contribution in [0.15, 0.2) is 96.8 Å². The zero-order valence-corrected chi connectivity index (χ0v) is 18.8. The number of Topliss-reactive ketones (excluding diaryl/α,β-unsaturated/α-hetero) is 1. The van der Waals surface area contributed by atoms with Crippen LogP contribution >= 0.6 is 0 Å². The van der Waals surface area contributed by atoms with Gasteiger partial charge in [-0.3, -0.25) is 14.6 Å². The molecule has 0 saturated carbocycles. The summed E-state index contributed by atoms with van der Waals surface area (Å²) in [6.07, 6.45) is 3.69. The Bertz CT molecular complexity index is 1400. The van der Waals surface area contributed by atoms with Gasteiger partial charge < -0.3 is 10.0 Å². The molecule has 5 nitrogen and oxygen atoms in total. The first-order valence-corrected chi connectivity index (χ1v) is 11.3. The Morgan fingerprint density at radius 1 is 0.912 bits per heavy atom. The molecule has 3 aromatic carbocycles. The number of ketones is 1. The van der Waals surface area contributed by atoms with E-state index in [0.29, 0.717) is 18.5 Å². The Kier molecular flexibility index (Phi) is 5.68. The minimum absolute atomic E-state index is 0.109. The third-order valence-corrected chi connectivity index (χ3v) is 6.39. The predicted molar refractivity (Wildman–Crippen MR) is 132 cm³/mol. The molecule has 1 atom stereocenters. The van der Waals surface area contributed by atoms with Crippen LogP contribution in [0.2, 0.25) is 0 Å². The monoisotopic (exact) mass is 448 g/mol. The molecule has 5 rings (SSSR count). The van der Waals surface area contributed by atoms with Gasteiger partial charge in [0.05, 0.1) is 11.6 Å². The van der Waals surface area contributed by atoms with Crippen LogP contribution in [0.1, 0.15) is 28.3 Å². The van der Waals surface area contributed by atoms with E-state index >= 15 is 0 Å². The standard InChI is InChI=1S/C29H24N2O3/c1-19-9-11-22(12-10-19)26-25(27(32)23-13-16-30-17-14-23)28(33)29(34)31(26)18-15-21-7-4-6-20-5-2-3-8-24(20)21/h2-14,16-17,26,32H,15,18H2,1H3. The second-order valence-electron chi connectivity index (χ2n) is 8.53. The van der Waals surface area contributed by atoms with Gasteiger partial charge in [0.1, 0.15) is 5.76 Å². The average molecular weight is 449 g/mol. The van der Waals surface area contributed by atoms with Crippen molar-refractivity contribution in [3.05, 3.63) is 119 Å². The molecule has 0 aliphatic carbocycles. The number of carbonyl (C=O) groups excluding carboxylic acids is 2. The molecule has 1 N–H and O–H groups in total. The highest BCUT2D eigenvalue weighted by Crippen LogP contribution is 2.39. The highest BCUT2D eigenvalue weighted by molar-refractivity contribution is 6.46. The lowest BCUT2D eigenvalue weighted by Crippen LogP contribution is -2.31. The van der Waals surface area contributed by atoms with Gasteiger partial charge in [0.2, 0.25) is 0 Å². The van der Waals surface area contributed by atoms with Crippen molar-refractivity contribution < 1.29 is 14.7 Å². The van der Waals surface area contributed by atoms with Gasteiger partial charge in [0, 0.05) is 24.5 Å². The first-order valence-electron chi connectivity index (χ1n) is 11.3. The fourth-order valence-corrected chi connectivity index (χ4v) is 4.62. The molecule has 168 valence electrons. The highest BCUT2D eigenvalue weighted by atomic mass is 16.3. The van der Waals surface area contributed by atoms with Crippen molar-refractivity contribution in [3.63, 3.8) is 0 Å². The van der Waals surface area contributed by atoms with Gasteiger partial charge in [-0.1, -0.05) is 72.3 Å². The Hall–Kier alpha value is -4.25. The van der Waals surface area contributed by atoms with Crippen LogP contribution in [0.25, 0.3) is 16.5 Å². The molecule has 4 aromatic rings. The molecular weight excluding hydrogens is 424 g/mol. The minimum atomic E-state index is -0.669. The number of nitrogens with zero attached hydrogens (tertiary/aromatic N) is 2. The highest BCUT2D eigenvalue weighted by Gasteiger charge is 2.45. The number of aliphatic hydroxyl groups excluding tert-OH is 1. The molecule has 0 radical (unpaired) electrons. The summed E-state index contributed by atoms with van der Waals surface area (Å²) in [5.74, 6) is -1.45. The molecule has 1 aromatic heterocycles. The number of benzene rings is 3. The summed E-state index contributed by atoms with van der Waals surface area (Å²) in [6, 6.07) is 24.6. The normalized spacial score (nSPS) is 17.4. The number of aliphatic hydroxyl groups is 1. The summed E-state index contributed by atoms with van der Waals surface area (Å²) in [4.78, 5) is 32.0. The van der Waals surface area contributed by atoms with Gasteiger partial charge in [-0.15, -0.1) is 0 Å². The Morgan fingerprint density at radius 3 is 2.38 bits per heavy atom. The van der Waals surface area contributed by atoms with Crippen molar-refractivity contribution in [2.45, 2.75) is 19.4 Å². The van der Waals surface area contributed by atoms with Crippen molar-refractivity contribution in [1.29, 1.82) is 0 Å². The molecule has 5 heteroatoms. The fraction of sp³-hybridized carbons (Fsp3) is 0.138. The smallest absolute Gasteiger partial charge is 0.295 e. The number of hydrogen-bond acceptors (Lipinski definition) is 4. The molecule has 34 heavy (non-hydrogen) atoms. The van der Waals surface area contributed by atoms with E-state index in [0.717, 1.165) is 27.5 Å². The van der Waals surface area contributed by atoms with Crippen LogP contribution < -0.4 is 0 Å². The van der Waals surface area contributed by atoms with Gasteiger partial charge in [0.15, 0.2) is 0 Å². The van der Waals surface area contributed by atoms with E-state index in [-0.39, 0.29) is 11.3 Å². The maximum absolute atomic E-state index is 13.2. The molecule has 0 spiro atoms. The van der Waals surface area contributed by atoms with E-state index in [2.05, 4.69) is 29.2 Å². The number of carbonyl (C=O) groups is 2. The van der Waals surface area contributed by atoms with Crippen molar-refractivity contribution in [1.82, 2.24) is 9.88 Å². The lowest BCUT2D eigenvalue weighted by Gasteiger charge is -2.25. The number of amides is 1. The summed E-state index contributed by atoms with van der Waals surface area (Å²) in [5, 5.41) is 13.4. The Labute approximate surface area is 198 Å². The average Bonchev–Trinajstić information content (AvgIpc) is 3.13. The van der Waals surface area contributed by atoms with Crippen LogP contribution in [0.5, 0.6) is 0 Å². The van der Waals surface area contributed by atoms with Gasteiger partial charge in [0.25, 0.3) is 11.7 Å². The maximum atomic E-state index is 13.2. The number of likely N-dealkylation sites (tertiary alicyclic amines) is 1. The molecule has 0 bridgehead atoms. The molecule has 2 heterocycles. The fourth-order valence-electron chi connectivity index (χ4n) is 4.62. The third-order valence-electron chi connectivity index (χ3n) is 6.39. The lowest BCUT2D eigenvalue weighted by molar-refractivity contribution is -0.139. The van der Waals surface area contributed by atoms with Gasteiger partial charge >= 0.3 is 0 Å². The number of aromatic nitrogens is 1. The molecule has 1 aliphatic heterocycles. The second kappa shape index (κ2) is 8.94. The van der Waals surface area contributed by atoms with Gasteiger partial charge in [-0.2, -0.15) is 0 Å². The number of pyridine rings is 1. The van der Waals surface area contributed by atoms with E-state index < -0.39 is 17.7 Å². The number of fused-ring (bicyclic) bond motifs is 1. The largest absolute Gasteiger partial charge is 0.507 e. The first kappa shape index (κ1) is 21.6. The van der Waals surface area contributed by atoms with Crippen molar-refractivity contribution in [3.8, 4) is 0 Å². The molecular formula is C29H24N2O3. The van der Waals surface area contributed by atoms with E-state index in [9.17, 15) is 14.7 Å². The van der Waals surface area contributed by atoms with Crippen LogP contribution in [-0.4, -0.2) is 33.2 Å². The summed E-state index contributed by atoms with van der Waals surface area (Å²) < 4.78 is 0. The zero-order valence-electron chi connectivity index (χ0n) is 18.8. The van der Waals surface area contributed by atoms with Crippen molar-refractivity contribution >= 4 is 28.2 Å². The van der Waals surface area contributed by atoms with Crippen molar-refractivity contribution in [2.24, 2.45) is 0 Å². The molecule has 1 unspecified atom stereocenters. The lowest BCUT2D eigenvalue weighted by atomic mass is 9.94.